The van der Waals surface area contributed by atoms with E-state index in [4.69, 9.17) is 0 Å². The first-order chi connectivity index (χ1) is 16.6. The second-order valence-electron chi connectivity index (χ2n) is 11.0. The summed E-state index contributed by atoms with van der Waals surface area (Å²) in [6.45, 7) is 11.1. The molecule has 0 aromatic rings. The predicted molar refractivity (Wildman–Crippen MR) is 139 cm³/mol. The first-order valence-corrected chi connectivity index (χ1v) is 13.9. The third-order valence-corrected chi connectivity index (χ3v) is 10.6. The van der Waals surface area contributed by atoms with E-state index in [2.05, 4.69) is 26.0 Å². The molecule has 4 heterocycles. The van der Waals surface area contributed by atoms with Gasteiger partial charge in [0.2, 0.25) is 17.7 Å². The average molecular weight is 504 g/mol. The van der Waals surface area contributed by atoms with Crippen molar-refractivity contribution in [3.8, 4) is 0 Å². The molecule has 8 heteroatoms. The van der Waals surface area contributed by atoms with E-state index in [1.807, 2.05) is 37.8 Å². The molecule has 2 fully saturated rings. The third-order valence-electron chi connectivity index (χ3n) is 8.81. The van der Waals surface area contributed by atoms with E-state index in [-0.39, 0.29) is 36.3 Å². The zero-order chi connectivity index (χ0) is 25.7. The fourth-order valence-corrected chi connectivity index (χ4v) is 8.89. The van der Waals surface area contributed by atoms with Crippen molar-refractivity contribution in [3.05, 3.63) is 24.3 Å². The van der Waals surface area contributed by atoms with Gasteiger partial charge in [0, 0.05) is 30.9 Å². The highest BCUT2D eigenvalue weighted by atomic mass is 32.2. The second-order valence-corrected chi connectivity index (χ2v) is 12.8. The highest BCUT2D eigenvalue weighted by molar-refractivity contribution is 8.02. The number of carbonyl (C=O) groups is 3. The summed E-state index contributed by atoms with van der Waals surface area (Å²) in [5, 5.41) is 10.5. The Bertz CT molecular complexity index is 937. The van der Waals surface area contributed by atoms with Crippen molar-refractivity contribution in [1.82, 2.24) is 14.7 Å². The Morgan fingerprint density at radius 3 is 2.37 bits per heavy atom. The van der Waals surface area contributed by atoms with Crippen LogP contribution in [0.4, 0.5) is 0 Å². The summed E-state index contributed by atoms with van der Waals surface area (Å²) < 4.78 is -1.44. The van der Waals surface area contributed by atoms with E-state index >= 15 is 0 Å². The molecule has 2 saturated heterocycles. The monoisotopic (exact) mass is 503 g/mol. The van der Waals surface area contributed by atoms with Crippen LogP contribution in [0.3, 0.4) is 0 Å². The maximum absolute atomic E-state index is 14.4. The van der Waals surface area contributed by atoms with Gasteiger partial charge in [-0.25, -0.2) is 0 Å². The van der Waals surface area contributed by atoms with Crippen LogP contribution >= 0.6 is 11.8 Å². The second kappa shape index (κ2) is 9.58. The number of carbonyl (C=O) groups excluding carboxylic acids is 3. The average Bonchev–Trinajstić information content (AvgIpc) is 3.09. The fraction of sp³-hybridized carbons (Fsp3) is 0.741. The zero-order valence-corrected chi connectivity index (χ0v) is 22.8. The van der Waals surface area contributed by atoms with E-state index in [1.54, 1.807) is 28.6 Å². The highest BCUT2D eigenvalue weighted by Gasteiger charge is 2.74. The standard InChI is InChI=1S/C27H41N3O4S/c1-7-11-18(4)29-15-10-13-27-21(20-23(32)28(6)14-9-12-26(20,5)35-27)24(33)30(22(27)25(29)34)19(16-31)17(3)8-2/h9-10,12-13,17-22,31H,7-8,11,14-16H2,1-6H3/t17-,18?,19-,20-,21-,22?,26+,27-/m0/s1. The molecule has 35 heavy (non-hydrogen) atoms. The first-order valence-electron chi connectivity index (χ1n) is 13.1. The van der Waals surface area contributed by atoms with Crippen molar-refractivity contribution in [3.63, 3.8) is 0 Å². The number of aliphatic hydroxyl groups excluding tert-OH is 1. The molecule has 0 aromatic heterocycles. The number of likely N-dealkylation sites (N-methyl/N-ethyl adjacent to an activating group) is 1. The SMILES string of the molecule is CCCC(C)N1CC=C[C@]23S[C@]4(C)C=CCN(C)C(=O)[C@@H]4[C@H]2C(=O)N([C@@H](CO)[C@@H](C)CC)C3C1=O. The number of fused-ring (bicyclic) bond motifs is 2. The molecule has 3 amide bonds. The lowest BCUT2D eigenvalue weighted by atomic mass is 9.74. The first kappa shape index (κ1) is 26.3. The van der Waals surface area contributed by atoms with Crippen molar-refractivity contribution >= 4 is 29.5 Å². The molecule has 4 aliphatic heterocycles. The molecule has 0 bridgehead atoms. The minimum absolute atomic E-state index is 0.0187. The molecule has 4 rings (SSSR count). The largest absolute Gasteiger partial charge is 0.394 e. The van der Waals surface area contributed by atoms with Crippen LogP contribution in [-0.4, -0.2) is 91.9 Å². The lowest BCUT2D eigenvalue weighted by molar-refractivity contribution is -0.148. The minimum Gasteiger partial charge on any atom is -0.394 e. The Hall–Kier alpha value is -1.80. The van der Waals surface area contributed by atoms with Crippen LogP contribution in [0.1, 0.15) is 53.9 Å². The minimum atomic E-state index is -0.854. The van der Waals surface area contributed by atoms with Crippen LogP contribution in [0, 0.1) is 17.8 Å². The van der Waals surface area contributed by atoms with Crippen molar-refractivity contribution in [2.24, 2.45) is 17.8 Å². The van der Waals surface area contributed by atoms with E-state index in [1.165, 1.54) is 0 Å². The smallest absolute Gasteiger partial charge is 0.247 e. The molecule has 1 spiro atoms. The molecule has 0 saturated carbocycles. The summed E-state index contributed by atoms with van der Waals surface area (Å²) >= 11 is 1.60. The molecular formula is C27H41N3O4S. The molecular weight excluding hydrogens is 462 g/mol. The Balaban J connectivity index is 1.90. The number of thioether (sulfide) groups is 1. The Morgan fingerprint density at radius 2 is 1.74 bits per heavy atom. The lowest BCUT2D eigenvalue weighted by Crippen LogP contribution is -2.59. The molecule has 0 aromatic carbocycles. The summed E-state index contributed by atoms with van der Waals surface area (Å²) in [6, 6.07) is -1.18. The molecule has 7 nitrogen and oxygen atoms in total. The van der Waals surface area contributed by atoms with Crippen LogP contribution in [0.15, 0.2) is 24.3 Å². The number of amides is 3. The number of aliphatic hydroxyl groups is 1. The van der Waals surface area contributed by atoms with Crippen LogP contribution in [0.25, 0.3) is 0 Å². The van der Waals surface area contributed by atoms with Gasteiger partial charge in [-0.05, 0) is 26.2 Å². The maximum atomic E-state index is 14.4. The van der Waals surface area contributed by atoms with Crippen LogP contribution in [0.5, 0.6) is 0 Å². The van der Waals surface area contributed by atoms with Gasteiger partial charge in [0.25, 0.3) is 0 Å². The van der Waals surface area contributed by atoms with E-state index in [0.29, 0.717) is 13.1 Å². The molecule has 1 N–H and O–H groups in total. The highest BCUT2D eigenvalue weighted by Crippen LogP contribution is 2.66. The summed E-state index contributed by atoms with van der Waals surface area (Å²) in [4.78, 5) is 47.7. The molecule has 2 unspecified atom stereocenters. The summed E-state index contributed by atoms with van der Waals surface area (Å²) in [5.74, 6) is -1.48. The quantitative estimate of drug-likeness (QED) is 0.541. The predicted octanol–water partition coefficient (Wildman–Crippen LogP) is 2.70. The van der Waals surface area contributed by atoms with Crippen molar-refractivity contribution in [2.75, 3.05) is 26.7 Å². The summed E-state index contributed by atoms with van der Waals surface area (Å²) in [5.41, 5.74) is 0. The van der Waals surface area contributed by atoms with Crippen LogP contribution in [-0.2, 0) is 14.4 Å². The number of nitrogens with zero attached hydrogens (tertiary/aromatic N) is 3. The number of rotatable bonds is 7. The molecule has 8 atom stereocenters. The fourth-order valence-electron chi connectivity index (χ4n) is 6.74. The molecule has 194 valence electrons. The molecule has 0 radical (unpaired) electrons. The van der Waals surface area contributed by atoms with Gasteiger partial charge in [-0.3, -0.25) is 14.4 Å². The Morgan fingerprint density at radius 1 is 1.06 bits per heavy atom. The summed E-state index contributed by atoms with van der Waals surface area (Å²) in [6.07, 6.45) is 10.8. The molecule has 4 aliphatic rings. The Kier molecular flexibility index (Phi) is 7.19. The normalized spacial score (nSPS) is 37.1. The van der Waals surface area contributed by atoms with Crippen molar-refractivity contribution in [2.45, 2.75) is 81.5 Å². The van der Waals surface area contributed by atoms with Gasteiger partial charge < -0.3 is 19.8 Å². The van der Waals surface area contributed by atoms with Gasteiger partial charge in [-0.2, -0.15) is 0 Å². The lowest BCUT2D eigenvalue weighted by Gasteiger charge is -2.42. The van der Waals surface area contributed by atoms with Gasteiger partial charge in [0.1, 0.15) is 6.04 Å². The van der Waals surface area contributed by atoms with Gasteiger partial charge in [-0.15, -0.1) is 11.8 Å². The van der Waals surface area contributed by atoms with E-state index in [0.717, 1.165) is 19.3 Å². The van der Waals surface area contributed by atoms with Gasteiger partial charge in [0.15, 0.2) is 0 Å². The van der Waals surface area contributed by atoms with E-state index < -0.39 is 33.4 Å². The van der Waals surface area contributed by atoms with Crippen molar-refractivity contribution in [1.29, 1.82) is 0 Å². The van der Waals surface area contributed by atoms with Crippen LogP contribution < -0.4 is 0 Å². The van der Waals surface area contributed by atoms with Gasteiger partial charge in [0.05, 0.1) is 29.2 Å². The number of hydrogen-bond donors (Lipinski definition) is 1. The van der Waals surface area contributed by atoms with Crippen LogP contribution in [0.2, 0.25) is 0 Å². The van der Waals surface area contributed by atoms with E-state index in [9.17, 15) is 19.5 Å². The zero-order valence-electron chi connectivity index (χ0n) is 21.9. The Labute approximate surface area is 214 Å². The van der Waals surface area contributed by atoms with Gasteiger partial charge in [-0.1, -0.05) is 57.9 Å². The number of likely N-dealkylation sites (tertiary alicyclic amines) is 1. The molecule has 0 aliphatic carbocycles. The topological polar surface area (TPSA) is 81.2 Å². The number of hydrogen-bond acceptors (Lipinski definition) is 5. The van der Waals surface area contributed by atoms with Gasteiger partial charge >= 0.3 is 0 Å². The maximum Gasteiger partial charge on any atom is 0.247 e. The van der Waals surface area contributed by atoms with Crippen molar-refractivity contribution < 1.29 is 19.5 Å². The summed E-state index contributed by atoms with van der Waals surface area (Å²) in [7, 11) is 1.78. The third kappa shape index (κ3) is 3.86.